The van der Waals surface area contributed by atoms with Crippen molar-refractivity contribution in [2.45, 2.75) is 77.9 Å². The Balaban J connectivity index is 1.45. The highest BCUT2D eigenvalue weighted by atomic mass is 35.5. The summed E-state index contributed by atoms with van der Waals surface area (Å²) in [6.07, 6.45) is 10.7. The van der Waals surface area contributed by atoms with Crippen LogP contribution in [-0.2, 0) is 11.3 Å². The second-order valence-electron chi connectivity index (χ2n) is 8.04. The second-order valence-corrected chi connectivity index (χ2v) is 8.42. The van der Waals surface area contributed by atoms with Crippen molar-refractivity contribution >= 4 is 11.6 Å². The van der Waals surface area contributed by atoms with Gasteiger partial charge in [-0.15, -0.1) is 0 Å². The molecule has 2 saturated carbocycles. The SMILES string of the molecule is Cc1ccc(COC2CCC(C3CCC(C)CC3)CC2)c(F)c1Cl. The Morgan fingerprint density at radius 3 is 2.21 bits per heavy atom. The minimum atomic E-state index is -0.318. The van der Waals surface area contributed by atoms with Gasteiger partial charge in [-0.2, -0.15) is 0 Å². The van der Waals surface area contributed by atoms with E-state index >= 15 is 0 Å². The quantitative estimate of drug-likeness (QED) is 0.586. The molecule has 0 N–H and O–H groups in total. The summed E-state index contributed by atoms with van der Waals surface area (Å²) in [5.41, 5.74) is 1.36. The van der Waals surface area contributed by atoms with Gasteiger partial charge in [0.25, 0.3) is 0 Å². The molecule has 2 aliphatic rings. The number of ether oxygens (including phenoxy) is 1. The van der Waals surface area contributed by atoms with Crippen LogP contribution in [0.4, 0.5) is 4.39 Å². The van der Waals surface area contributed by atoms with Crippen LogP contribution in [-0.4, -0.2) is 6.10 Å². The molecule has 1 nitrogen and oxygen atoms in total. The standard InChI is InChI=1S/C21H30ClFO/c1-14-3-6-16(7-4-14)17-9-11-19(12-10-17)24-13-18-8-5-15(2)20(22)21(18)23/h5,8,14,16-17,19H,3-4,6-7,9-13H2,1-2H3. The van der Waals surface area contributed by atoms with Crippen LogP contribution < -0.4 is 0 Å². The first-order valence-electron chi connectivity index (χ1n) is 9.59. The molecule has 0 bridgehead atoms. The van der Waals surface area contributed by atoms with Crippen molar-refractivity contribution in [3.8, 4) is 0 Å². The van der Waals surface area contributed by atoms with Crippen molar-refractivity contribution in [2.24, 2.45) is 17.8 Å². The average molecular weight is 353 g/mol. The van der Waals surface area contributed by atoms with Crippen LogP contribution in [0, 0.1) is 30.5 Å². The molecule has 134 valence electrons. The number of hydrogen-bond donors (Lipinski definition) is 0. The first kappa shape index (κ1) is 18.2. The van der Waals surface area contributed by atoms with Crippen molar-refractivity contribution in [2.75, 3.05) is 0 Å². The molecule has 0 radical (unpaired) electrons. The molecule has 0 saturated heterocycles. The normalized spacial score (nSPS) is 31.2. The van der Waals surface area contributed by atoms with Crippen LogP contribution in [0.1, 0.15) is 69.4 Å². The van der Waals surface area contributed by atoms with E-state index in [1.165, 1.54) is 38.5 Å². The van der Waals surface area contributed by atoms with E-state index in [-0.39, 0.29) is 16.9 Å². The molecule has 0 aromatic heterocycles. The van der Waals surface area contributed by atoms with Gasteiger partial charge in [0.1, 0.15) is 5.82 Å². The number of hydrogen-bond acceptors (Lipinski definition) is 1. The van der Waals surface area contributed by atoms with E-state index in [0.29, 0.717) is 12.2 Å². The summed E-state index contributed by atoms with van der Waals surface area (Å²) in [6.45, 7) is 4.54. The first-order chi connectivity index (χ1) is 11.5. The Hall–Kier alpha value is -0.600. The summed E-state index contributed by atoms with van der Waals surface area (Å²) in [6, 6.07) is 3.66. The van der Waals surface area contributed by atoms with E-state index in [9.17, 15) is 4.39 Å². The predicted molar refractivity (Wildman–Crippen MR) is 97.8 cm³/mol. The summed E-state index contributed by atoms with van der Waals surface area (Å²) in [5.74, 6) is 2.44. The van der Waals surface area contributed by atoms with Crippen molar-refractivity contribution in [1.29, 1.82) is 0 Å². The Kier molecular flexibility index (Phi) is 6.21. The van der Waals surface area contributed by atoms with Crippen LogP contribution in [0.5, 0.6) is 0 Å². The van der Waals surface area contributed by atoms with Crippen molar-refractivity contribution < 1.29 is 9.13 Å². The Morgan fingerprint density at radius 1 is 1.00 bits per heavy atom. The van der Waals surface area contributed by atoms with Crippen molar-refractivity contribution in [3.05, 3.63) is 34.1 Å². The highest BCUT2D eigenvalue weighted by Gasteiger charge is 2.30. The zero-order chi connectivity index (χ0) is 17.1. The molecular formula is C21H30ClFO. The van der Waals surface area contributed by atoms with E-state index in [0.717, 1.165) is 36.2 Å². The lowest BCUT2D eigenvalue weighted by atomic mass is 9.71. The number of benzene rings is 1. The molecule has 0 atom stereocenters. The fourth-order valence-electron chi connectivity index (χ4n) is 4.49. The minimum Gasteiger partial charge on any atom is -0.373 e. The third kappa shape index (κ3) is 4.32. The van der Waals surface area contributed by atoms with Gasteiger partial charge in [0.2, 0.25) is 0 Å². The van der Waals surface area contributed by atoms with Gasteiger partial charge >= 0.3 is 0 Å². The lowest BCUT2D eigenvalue weighted by Crippen LogP contribution is -2.28. The predicted octanol–water partition coefficient (Wildman–Crippen LogP) is 6.69. The molecule has 0 spiro atoms. The zero-order valence-electron chi connectivity index (χ0n) is 15.0. The van der Waals surface area contributed by atoms with Crippen molar-refractivity contribution in [1.82, 2.24) is 0 Å². The Bertz CT molecular complexity index is 543. The van der Waals surface area contributed by atoms with Crippen LogP contribution >= 0.6 is 11.6 Å². The molecule has 0 heterocycles. The third-order valence-corrected chi connectivity index (χ3v) is 6.74. The summed E-state index contributed by atoms with van der Waals surface area (Å²) < 4.78 is 20.1. The van der Waals surface area contributed by atoms with E-state index in [2.05, 4.69) is 6.92 Å². The van der Waals surface area contributed by atoms with Gasteiger partial charge in [0.05, 0.1) is 17.7 Å². The minimum absolute atomic E-state index is 0.228. The maximum absolute atomic E-state index is 14.1. The average Bonchev–Trinajstić information content (AvgIpc) is 2.60. The van der Waals surface area contributed by atoms with Crippen LogP contribution in [0.25, 0.3) is 0 Å². The molecular weight excluding hydrogens is 323 g/mol. The number of rotatable bonds is 4. The summed E-state index contributed by atoms with van der Waals surface area (Å²) >= 11 is 5.99. The van der Waals surface area contributed by atoms with Gasteiger partial charge in [0, 0.05) is 5.56 Å². The largest absolute Gasteiger partial charge is 0.373 e. The lowest BCUT2D eigenvalue weighted by Gasteiger charge is -2.37. The van der Waals surface area contributed by atoms with Gasteiger partial charge in [-0.3, -0.25) is 0 Å². The van der Waals surface area contributed by atoms with E-state index in [1.807, 2.05) is 13.0 Å². The Morgan fingerprint density at radius 2 is 1.58 bits per heavy atom. The van der Waals surface area contributed by atoms with E-state index in [4.69, 9.17) is 16.3 Å². The van der Waals surface area contributed by atoms with Gasteiger partial charge < -0.3 is 4.74 Å². The molecule has 0 unspecified atom stereocenters. The number of halogens is 2. The highest BCUT2D eigenvalue weighted by molar-refractivity contribution is 6.31. The van der Waals surface area contributed by atoms with Crippen LogP contribution in [0.2, 0.25) is 5.02 Å². The topological polar surface area (TPSA) is 9.23 Å². The van der Waals surface area contributed by atoms with Crippen molar-refractivity contribution in [3.63, 3.8) is 0 Å². The fourth-order valence-corrected chi connectivity index (χ4v) is 4.67. The molecule has 24 heavy (non-hydrogen) atoms. The molecule has 1 aromatic carbocycles. The monoisotopic (exact) mass is 352 g/mol. The van der Waals surface area contributed by atoms with E-state index in [1.54, 1.807) is 6.07 Å². The summed E-state index contributed by atoms with van der Waals surface area (Å²) in [7, 11) is 0. The fraction of sp³-hybridized carbons (Fsp3) is 0.714. The second kappa shape index (κ2) is 8.19. The smallest absolute Gasteiger partial charge is 0.147 e. The van der Waals surface area contributed by atoms with Crippen LogP contribution in [0.3, 0.4) is 0 Å². The first-order valence-corrected chi connectivity index (χ1v) is 9.97. The molecule has 0 aliphatic heterocycles. The molecule has 0 amide bonds. The van der Waals surface area contributed by atoms with Crippen LogP contribution in [0.15, 0.2) is 12.1 Å². The highest BCUT2D eigenvalue weighted by Crippen LogP contribution is 2.40. The maximum Gasteiger partial charge on any atom is 0.147 e. The Labute approximate surface area is 150 Å². The molecule has 1 aromatic rings. The van der Waals surface area contributed by atoms with Gasteiger partial charge in [-0.05, 0) is 68.8 Å². The maximum atomic E-state index is 14.1. The molecule has 2 fully saturated rings. The number of aryl methyl sites for hydroxylation is 1. The molecule has 3 heteroatoms. The molecule has 2 aliphatic carbocycles. The summed E-state index contributed by atoms with van der Waals surface area (Å²) in [4.78, 5) is 0. The van der Waals surface area contributed by atoms with Gasteiger partial charge in [-0.25, -0.2) is 4.39 Å². The lowest BCUT2D eigenvalue weighted by molar-refractivity contribution is -0.00354. The third-order valence-electron chi connectivity index (χ3n) is 6.28. The zero-order valence-corrected chi connectivity index (χ0v) is 15.7. The summed E-state index contributed by atoms with van der Waals surface area (Å²) in [5, 5.41) is 0.228. The molecule has 3 rings (SSSR count). The van der Waals surface area contributed by atoms with E-state index < -0.39 is 0 Å². The van der Waals surface area contributed by atoms with Gasteiger partial charge in [0.15, 0.2) is 0 Å². The van der Waals surface area contributed by atoms with Gasteiger partial charge in [-0.1, -0.05) is 43.5 Å².